The van der Waals surface area contributed by atoms with Crippen molar-refractivity contribution in [3.63, 3.8) is 0 Å². The van der Waals surface area contributed by atoms with E-state index in [0.29, 0.717) is 23.6 Å². The van der Waals surface area contributed by atoms with Crippen LogP contribution in [0.4, 0.5) is 4.39 Å². The Kier molecular flexibility index (Phi) is 3.97. The van der Waals surface area contributed by atoms with E-state index in [4.69, 9.17) is 11.6 Å². The molecule has 0 aromatic heterocycles. The summed E-state index contributed by atoms with van der Waals surface area (Å²) >= 11 is 6.10. The second-order valence-corrected chi connectivity index (χ2v) is 7.70. The van der Waals surface area contributed by atoms with Crippen molar-refractivity contribution in [2.75, 3.05) is 6.54 Å². The maximum Gasteiger partial charge on any atom is 0.243 e. The number of nitrogens with zero attached hydrogens (tertiary/aromatic N) is 1. The van der Waals surface area contributed by atoms with Gasteiger partial charge in [0.2, 0.25) is 10.0 Å². The Morgan fingerprint density at radius 1 is 1.18 bits per heavy atom. The molecule has 0 N–H and O–H groups in total. The van der Waals surface area contributed by atoms with E-state index >= 15 is 0 Å². The fraction of sp³-hybridized carbons (Fsp3) is 0.250. The van der Waals surface area contributed by atoms with Crippen molar-refractivity contribution >= 4 is 21.6 Å². The lowest BCUT2D eigenvalue weighted by molar-refractivity contribution is 0.202. The Morgan fingerprint density at radius 3 is 2.45 bits per heavy atom. The summed E-state index contributed by atoms with van der Waals surface area (Å²) in [7, 11) is -3.59. The molecule has 22 heavy (non-hydrogen) atoms. The first-order chi connectivity index (χ1) is 10.4. The summed E-state index contributed by atoms with van der Waals surface area (Å²) in [5.74, 6) is -0.418. The van der Waals surface area contributed by atoms with E-state index < -0.39 is 21.9 Å². The van der Waals surface area contributed by atoms with Gasteiger partial charge in [0.1, 0.15) is 5.82 Å². The number of sulfonamides is 1. The smallest absolute Gasteiger partial charge is 0.207 e. The molecule has 3 rings (SSSR count). The quantitative estimate of drug-likeness (QED) is 0.849. The molecule has 1 aliphatic rings. The van der Waals surface area contributed by atoms with Crippen LogP contribution in [-0.2, 0) is 10.0 Å². The summed E-state index contributed by atoms with van der Waals surface area (Å²) in [5.41, 5.74) is 1.51. The van der Waals surface area contributed by atoms with Gasteiger partial charge in [-0.1, -0.05) is 29.3 Å². The van der Waals surface area contributed by atoms with Crippen LogP contribution < -0.4 is 0 Å². The van der Waals surface area contributed by atoms with Crippen molar-refractivity contribution in [3.8, 4) is 0 Å². The minimum Gasteiger partial charge on any atom is -0.207 e. The summed E-state index contributed by atoms with van der Waals surface area (Å²) in [5, 5.41) is 0.384. The molecular weight excluding hydrogens is 325 g/mol. The Hall–Kier alpha value is -1.43. The Bertz CT molecular complexity index is 805. The monoisotopic (exact) mass is 339 g/mol. The lowest BCUT2D eigenvalue weighted by Crippen LogP contribution is -2.45. The number of benzene rings is 2. The van der Waals surface area contributed by atoms with Crippen molar-refractivity contribution < 1.29 is 12.8 Å². The van der Waals surface area contributed by atoms with Crippen LogP contribution in [-0.4, -0.2) is 19.3 Å². The number of halogens is 2. The molecular formula is C16H15ClFNO2S. The van der Waals surface area contributed by atoms with Crippen LogP contribution in [0.25, 0.3) is 0 Å². The third-order valence-corrected chi connectivity index (χ3v) is 6.18. The van der Waals surface area contributed by atoms with Gasteiger partial charge in [0.25, 0.3) is 0 Å². The van der Waals surface area contributed by atoms with E-state index in [1.165, 1.54) is 22.5 Å². The molecule has 0 amide bonds. The zero-order valence-corrected chi connectivity index (χ0v) is 13.5. The first kappa shape index (κ1) is 15.5. The van der Waals surface area contributed by atoms with E-state index in [2.05, 4.69) is 0 Å². The fourth-order valence-electron chi connectivity index (χ4n) is 2.58. The van der Waals surface area contributed by atoms with Gasteiger partial charge in [-0.2, -0.15) is 4.31 Å². The van der Waals surface area contributed by atoms with Crippen molar-refractivity contribution in [1.29, 1.82) is 0 Å². The number of hydrogen-bond donors (Lipinski definition) is 0. The molecule has 116 valence electrons. The van der Waals surface area contributed by atoms with E-state index in [1.54, 1.807) is 24.3 Å². The van der Waals surface area contributed by atoms with Crippen LogP contribution in [0.15, 0.2) is 47.4 Å². The zero-order valence-electron chi connectivity index (χ0n) is 12.0. The van der Waals surface area contributed by atoms with E-state index in [1.807, 2.05) is 6.92 Å². The summed E-state index contributed by atoms with van der Waals surface area (Å²) in [6.07, 6.45) is 0.633. The lowest BCUT2D eigenvalue weighted by atomic mass is 9.98. The fourth-order valence-corrected chi connectivity index (χ4v) is 4.47. The molecule has 0 bridgehead atoms. The molecule has 1 atom stereocenters. The van der Waals surface area contributed by atoms with E-state index in [9.17, 15) is 12.8 Å². The van der Waals surface area contributed by atoms with Gasteiger partial charge < -0.3 is 0 Å². The second kappa shape index (κ2) is 5.65. The molecule has 2 aromatic rings. The molecule has 1 aliphatic heterocycles. The maximum atomic E-state index is 13.4. The third kappa shape index (κ3) is 2.64. The van der Waals surface area contributed by atoms with Crippen molar-refractivity contribution in [2.24, 2.45) is 0 Å². The average Bonchev–Trinajstić information content (AvgIpc) is 2.41. The number of hydrogen-bond acceptors (Lipinski definition) is 2. The zero-order chi connectivity index (χ0) is 15.9. The van der Waals surface area contributed by atoms with Gasteiger partial charge in [-0.25, -0.2) is 12.8 Å². The Labute approximate surface area is 134 Å². The van der Waals surface area contributed by atoms with Gasteiger partial charge in [0.15, 0.2) is 0 Å². The SMILES string of the molecule is Cc1ccc(S(=O)(=O)N2CCC2c2cc(F)ccc2Cl)cc1. The molecule has 1 unspecified atom stereocenters. The summed E-state index contributed by atoms with van der Waals surface area (Å²) < 4.78 is 40.2. The van der Waals surface area contributed by atoms with Crippen LogP contribution in [0.2, 0.25) is 5.02 Å². The largest absolute Gasteiger partial charge is 0.243 e. The van der Waals surface area contributed by atoms with Crippen LogP contribution in [0.5, 0.6) is 0 Å². The van der Waals surface area contributed by atoms with Gasteiger partial charge in [0, 0.05) is 11.6 Å². The van der Waals surface area contributed by atoms with Crippen molar-refractivity contribution in [3.05, 3.63) is 64.4 Å². The summed E-state index contributed by atoms with van der Waals surface area (Å²) in [4.78, 5) is 0.246. The molecule has 1 fully saturated rings. The van der Waals surface area contributed by atoms with Gasteiger partial charge in [-0.05, 0) is 49.2 Å². The lowest BCUT2D eigenvalue weighted by Gasteiger charge is -2.40. The average molecular weight is 340 g/mol. The molecule has 6 heteroatoms. The predicted octanol–water partition coefficient (Wildman–Crippen LogP) is 3.92. The highest BCUT2D eigenvalue weighted by Crippen LogP contribution is 2.41. The summed E-state index contributed by atoms with van der Waals surface area (Å²) in [6, 6.07) is 10.3. The molecule has 2 aromatic carbocycles. The van der Waals surface area contributed by atoms with Crippen LogP contribution >= 0.6 is 11.6 Å². The van der Waals surface area contributed by atoms with E-state index in [-0.39, 0.29) is 4.90 Å². The molecule has 0 aliphatic carbocycles. The second-order valence-electron chi connectivity index (χ2n) is 5.40. The first-order valence-corrected chi connectivity index (χ1v) is 8.75. The molecule has 0 radical (unpaired) electrons. The van der Waals surface area contributed by atoms with Gasteiger partial charge in [-0.3, -0.25) is 0 Å². The highest BCUT2D eigenvalue weighted by atomic mass is 35.5. The minimum absolute atomic E-state index is 0.246. The van der Waals surface area contributed by atoms with Crippen LogP contribution in [0, 0.1) is 12.7 Å². The van der Waals surface area contributed by atoms with Crippen LogP contribution in [0.3, 0.4) is 0 Å². The Balaban J connectivity index is 1.95. The van der Waals surface area contributed by atoms with Gasteiger partial charge in [-0.15, -0.1) is 0 Å². The molecule has 3 nitrogen and oxygen atoms in total. The van der Waals surface area contributed by atoms with Crippen molar-refractivity contribution in [2.45, 2.75) is 24.3 Å². The van der Waals surface area contributed by atoms with Crippen LogP contribution in [0.1, 0.15) is 23.6 Å². The highest BCUT2D eigenvalue weighted by molar-refractivity contribution is 7.89. The maximum absolute atomic E-state index is 13.4. The molecule has 0 saturated carbocycles. The number of aryl methyl sites for hydroxylation is 1. The minimum atomic E-state index is -3.59. The predicted molar refractivity (Wildman–Crippen MR) is 83.8 cm³/mol. The summed E-state index contributed by atoms with van der Waals surface area (Å²) in [6.45, 7) is 2.31. The third-order valence-electron chi connectivity index (χ3n) is 3.92. The molecule has 1 saturated heterocycles. The first-order valence-electron chi connectivity index (χ1n) is 6.93. The molecule has 1 heterocycles. The van der Waals surface area contributed by atoms with Gasteiger partial charge >= 0.3 is 0 Å². The Morgan fingerprint density at radius 2 is 1.86 bits per heavy atom. The highest BCUT2D eigenvalue weighted by Gasteiger charge is 2.40. The molecule has 0 spiro atoms. The van der Waals surface area contributed by atoms with E-state index in [0.717, 1.165) is 5.56 Å². The normalized spacial score (nSPS) is 19.0. The number of rotatable bonds is 3. The van der Waals surface area contributed by atoms with Crippen molar-refractivity contribution in [1.82, 2.24) is 4.31 Å². The van der Waals surface area contributed by atoms with Gasteiger partial charge in [0.05, 0.1) is 10.9 Å². The topological polar surface area (TPSA) is 37.4 Å². The standard InChI is InChI=1S/C16H15ClFNO2S/c1-11-2-5-13(6-3-11)22(20,21)19-9-8-16(19)14-10-12(18)4-7-15(14)17/h2-7,10,16H,8-9H2,1H3.